The number of benzene rings is 1. The van der Waals surface area contributed by atoms with Gasteiger partial charge in [-0.25, -0.2) is 0 Å². The van der Waals surface area contributed by atoms with E-state index in [-0.39, 0.29) is 6.04 Å². The molecule has 0 bridgehead atoms. The van der Waals surface area contributed by atoms with Crippen LogP contribution in [0, 0.1) is 6.92 Å². The summed E-state index contributed by atoms with van der Waals surface area (Å²) in [6.07, 6.45) is 3.18. The maximum absolute atomic E-state index is 9.73. The molecule has 0 fully saturated rings. The van der Waals surface area contributed by atoms with Crippen molar-refractivity contribution >= 4 is 0 Å². The molecule has 1 aromatic carbocycles. The fourth-order valence-electron chi connectivity index (χ4n) is 2.14. The fourth-order valence-corrected chi connectivity index (χ4v) is 2.14. The van der Waals surface area contributed by atoms with Gasteiger partial charge in [-0.2, -0.15) is 0 Å². The number of hydrogen-bond donors (Lipinski definition) is 2. The van der Waals surface area contributed by atoms with E-state index < -0.39 is 0 Å². The average molecular weight is 177 g/mol. The van der Waals surface area contributed by atoms with E-state index >= 15 is 0 Å². The number of phenols is 1. The minimum atomic E-state index is 0.0318. The molecule has 3 N–H and O–H groups in total. The molecule has 2 nitrogen and oxygen atoms in total. The van der Waals surface area contributed by atoms with Crippen LogP contribution in [0.4, 0.5) is 0 Å². The second-order valence-corrected chi connectivity index (χ2v) is 3.86. The molecule has 2 rings (SSSR count). The third kappa shape index (κ3) is 1.42. The van der Waals surface area contributed by atoms with Crippen LogP contribution >= 0.6 is 0 Å². The van der Waals surface area contributed by atoms with Gasteiger partial charge in [0.15, 0.2) is 0 Å². The Morgan fingerprint density at radius 1 is 1.46 bits per heavy atom. The molecule has 70 valence electrons. The predicted octanol–water partition coefficient (Wildman–Crippen LogP) is 2.04. The van der Waals surface area contributed by atoms with E-state index in [1.807, 2.05) is 6.92 Å². The van der Waals surface area contributed by atoms with Crippen LogP contribution in [0.3, 0.4) is 0 Å². The molecule has 1 aliphatic carbocycles. The molecule has 0 amide bonds. The molecule has 0 saturated carbocycles. The monoisotopic (exact) mass is 177 g/mol. The molecule has 0 radical (unpaired) electrons. The lowest BCUT2D eigenvalue weighted by atomic mass is 9.86. The Bertz CT molecular complexity index is 333. The Balaban J connectivity index is 2.56. The van der Waals surface area contributed by atoms with E-state index in [4.69, 9.17) is 5.73 Å². The van der Waals surface area contributed by atoms with Crippen molar-refractivity contribution in [3.05, 3.63) is 28.8 Å². The standard InChI is InChI=1S/C11H15NO/c1-7-5-8-3-2-4-9(12)11(8)10(13)6-7/h5-6,9,13H,2-4,12H2,1H3/t9-/m0/s1. The highest BCUT2D eigenvalue weighted by molar-refractivity contribution is 5.45. The van der Waals surface area contributed by atoms with Gasteiger partial charge in [-0.3, -0.25) is 0 Å². The number of hydrogen-bond acceptors (Lipinski definition) is 2. The lowest BCUT2D eigenvalue weighted by Crippen LogP contribution is -2.17. The number of fused-ring (bicyclic) bond motifs is 1. The summed E-state index contributed by atoms with van der Waals surface area (Å²) in [4.78, 5) is 0. The number of rotatable bonds is 0. The van der Waals surface area contributed by atoms with Gasteiger partial charge < -0.3 is 10.8 Å². The molecule has 1 aromatic rings. The first kappa shape index (κ1) is 8.57. The summed E-state index contributed by atoms with van der Waals surface area (Å²) in [5, 5.41) is 9.73. The Morgan fingerprint density at radius 3 is 3.00 bits per heavy atom. The van der Waals surface area contributed by atoms with Crippen LogP contribution in [0.1, 0.15) is 35.6 Å². The van der Waals surface area contributed by atoms with Crippen LogP contribution in [0.15, 0.2) is 12.1 Å². The summed E-state index contributed by atoms with van der Waals surface area (Å²) in [7, 11) is 0. The zero-order chi connectivity index (χ0) is 9.42. The topological polar surface area (TPSA) is 46.2 Å². The molecule has 0 aliphatic heterocycles. The van der Waals surface area contributed by atoms with Gasteiger partial charge in [0.05, 0.1) is 0 Å². The highest BCUT2D eigenvalue weighted by Gasteiger charge is 2.20. The molecule has 0 heterocycles. The smallest absolute Gasteiger partial charge is 0.120 e. The van der Waals surface area contributed by atoms with Crippen molar-refractivity contribution in [3.8, 4) is 5.75 Å². The SMILES string of the molecule is Cc1cc(O)c2c(c1)CCC[C@@H]2N. The maximum atomic E-state index is 9.73. The van der Waals surface area contributed by atoms with E-state index in [0.29, 0.717) is 5.75 Å². The van der Waals surface area contributed by atoms with Crippen molar-refractivity contribution < 1.29 is 5.11 Å². The summed E-state index contributed by atoms with van der Waals surface area (Å²) in [6, 6.07) is 3.96. The summed E-state index contributed by atoms with van der Waals surface area (Å²) in [5.41, 5.74) is 9.26. The summed E-state index contributed by atoms with van der Waals surface area (Å²) in [5.74, 6) is 0.377. The van der Waals surface area contributed by atoms with E-state index in [1.165, 1.54) is 5.56 Å². The molecule has 0 unspecified atom stereocenters. The molecule has 2 heteroatoms. The fraction of sp³-hybridized carbons (Fsp3) is 0.455. The third-order valence-electron chi connectivity index (χ3n) is 2.72. The van der Waals surface area contributed by atoms with Gasteiger partial charge in [-0.05, 0) is 43.4 Å². The third-order valence-corrected chi connectivity index (χ3v) is 2.72. The van der Waals surface area contributed by atoms with Crippen molar-refractivity contribution in [2.75, 3.05) is 0 Å². The van der Waals surface area contributed by atoms with Crippen molar-refractivity contribution in [1.29, 1.82) is 0 Å². The molecular formula is C11H15NO. The van der Waals surface area contributed by atoms with Crippen LogP contribution in [0.2, 0.25) is 0 Å². The van der Waals surface area contributed by atoms with Crippen molar-refractivity contribution in [3.63, 3.8) is 0 Å². The van der Waals surface area contributed by atoms with Crippen LogP contribution < -0.4 is 5.73 Å². The molecule has 1 aliphatic rings. The van der Waals surface area contributed by atoms with Crippen molar-refractivity contribution in [1.82, 2.24) is 0 Å². The van der Waals surface area contributed by atoms with E-state index in [0.717, 1.165) is 30.4 Å². The first-order valence-electron chi connectivity index (χ1n) is 4.76. The van der Waals surface area contributed by atoms with E-state index in [2.05, 4.69) is 6.07 Å². The van der Waals surface area contributed by atoms with Crippen LogP contribution in [-0.2, 0) is 6.42 Å². The predicted molar refractivity (Wildman–Crippen MR) is 52.7 cm³/mol. The number of aromatic hydroxyl groups is 1. The van der Waals surface area contributed by atoms with E-state index in [9.17, 15) is 5.11 Å². The molecule has 0 aromatic heterocycles. The van der Waals surface area contributed by atoms with Crippen molar-refractivity contribution in [2.45, 2.75) is 32.2 Å². The largest absolute Gasteiger partial charge is 0.508 e. The number of phenolic OH excluding ortho intramolecular Hbond substituents is 1. The lowest BCUT2D eigenvalue weighted by molar-refractivity contribution is 0.447. The molecular weight excluding hydrogens is 162 g/mol. The number of nitrogens with two attached hydrogens (primary N) is 1. The molecule has 0 spiro atoms. The Kier molecular flexibility index (Phi) is 2.00. The quantitative estimate of drug-likeness (QED) is 0.637. The van der Waals surface area contributed by atoms with Gasteiger partial charge in [0.1, 0.15) is 5.75 Å². The highest BCUT2D eigenvalue weighted by atomic mass is 16.3. The second kappa shape index (κ2) is 3.04. The van der Waals surface area contributed by atoms with Crippen LogP contribution in [0.5, 0.6) is 5.75 Å². The summed E-state index contributed by atoms with van der Waals surface area (Å²) >= 11 is 0. The maximum Gasteiger partial charge on any atom is 0.120 e. The zero-order valence-electron chi connectivity index (χ0n) is 7.88. The minimum absolute atomic E-state index is 0.0318. The Morgan fingerprint density at radius 2 is 2.23 bits per heavy atom. The normalized spacial score (nSPS) is 21.2. The van der Waals surface area contributed by atoms with E-state index in [1.54, 1.807) is 6.07 Å². The first-order valence-corrected chi connectivity index (χ1v) is 4.76. The second-order valence-electron chi connectivity index (χ2n) is 3.86. The average Bonchev–Trinajstić information content (AvgIpc) is 2.02. The molecule has 13 heavy (non-hydrogen) atoms. The first-order chi connectivity index (χ1) is 6.18. The molecule has 0 saturated heterocycles. The van der Waals surface area contributed by atoms with Crippen LogP contribution in [0.25, 0.3) is 0 Å². The van der Waals surface area contributed by atoms with Gasteiger partial charge in [0.25, 0.3) is 0 Å². The highest BCUT2D eigenvalue weighted by Crippen LogP contribution is 2.35. The van der Waals surface area contributed by atoms with Gasteiger partial charge in [-0.15, -0.1) is 0 Å². The summed E-state index contributed by atoms with van der Waals surface area (Å²) in [6.45, 7) is 2.00. The minimum Gasteiger partial charge on any atom is -0.508 e. The van der Waals surface area contributed by atoms with Gasteiger partial charge in [0, 0.05) is 11.6 Å². The van der Waals surface area contributed by atoms with Crippen molar-refractivity contribution in [2.24, 2.45) is 5.73 Å². The molecule has 1 atom stereocenters. The van der Waals surface area contributed by atoms with Gasteiger partial charge in [0.2, 0.25) is 0 Å². The number of aryl methyl sites for hydroxylation is 2. The van der Waals surface area contributed by atoms with Crippen LogP contribution in [-0.4, -0.2) is 5.11 Å². The Labute approximate surface area is 78.4 Å². The summed E-state index contributed by atoms with van der Waals surface area (Å²) < 4.78 is 0. The zero-order valence-corrected chi connectivity index (χ0v) is 7.88. The lowest BCUT2D eigenvalue weighted by Gasteiger charge is -2.23. The Hall–Kier alpha value is -1.02. The van der Waals surface area contributed by atoms with Gasteiger partial charge in [-0.1, -0.05) is 6.07 Å². The van der Waals surface area contributed by atoms with Gasteiger partial charge >= 0.3 is 0 Å².